The number of carbonyl (C=O) groups excluding carboxylic acids is 2. The Hall–Kier alpha value is -6.52. The summed E-state index contributed by atoms with van der Waals surface area (Å²) in [4.78, 5) is 42.3. The SMILES string of the molecule is COc1cccc(NC(=O)c2cccc3ccccc23)c1C(=O)NCCO.COc1cccc2nc(-c3cccc4ccccc34)oc(=O)c12. The molecule has 0 aliphatic heterocycles. The fourth-order valence-electron chi connectivity index (χ4n) is 5.70. The average molecular weight is 668 g/mol. The summed E-state index contributed by atoms with van der Waals surface area (Å²) in [5.74, 6) is 0.355. The quantitative estimate of drug-likeness (QED) is 0.160. The molecule has 0 spiro atoms. The molecular weight excluding hydrogens is 634 g/mol. The number of amides is 2. The number of hydrogen-bond acceptors (Lipinski definition) is 8. The third-order valence-electron chi connectivity index (χ3n) is 8.01. The lowest BCUT2D eigenvalue weighted by Gasteiger charge is -2.15. The molecule has 0 atom stereocenters. The second-order valence-corrected chi connectivity index (χ2v) is 11.0. The third kappa shape index (κ3) is 6.87. The van der Waals surface area contributed by atoms with Crippen molar-refractivity contribution < 1.29 is 28.6 Å². The first-order valence-electron chi connectivity index (χ1n) is 15.7. The molecule has 0 unspecified atom stereocenters. The number of aliphatic hydroxyl groups excluding tert-OH is 1. The van der Waals surface area contributed by atoms with E-state index in [1.807, 2.05) is 78.9 Å². The van der Waals surface area contributed by atoms with E-state index in [-0.39, 0.29) is 24.6 Å². The highest BCUT2D eigenvalue weighted by molar-refractivity contribution is 6.15. The van der Waals surface area contributed by atoms with Gasteiger partial charge < -0.3 is 29.6 Å². The number of nitrogens with zero attached hydrogens (tertiary/aromatic N) is 1. The molecule has 250 valence electrons. The first kappa shape index (κ1) is 33.4. The highest BCUT2D eigenvalue weighted by Gasteiger charge is 2.20. The van der Waals surface area contributed by atoms with Crippen molar-refractivity contribution in [2.24, 2.45) is 0 Å². The maximum Gasteiger partial charge on any atom is 0.350 e. The normalized spacial score (nSPS) is 10.7. The summed E-state index contributed by atoms with van der Waals surface area (Å²) in [5.41, 5.74) is 1.96. The standard InChI is InChI=1S/C21H20N2O4.C19H13NO3/c1-27-18-11-5-10-17(19(18)21(26)22-12-13-24)23-20(25)16-9-4-7-14-6-2-3-8-15(14)16;1-22-16-11-5-10-15-17(16)19(21)23-18(20-15)14-9-4-7-12-6-2-3-8-13(12)14/h2-11,24H,12-13H2,1H3,(H,22,26)(H,23,25);2-11H,1H3. The van der Waals surface area contributed by atoms with Crippen LogP contribution in [0, 0.1) is 0 Å². The Balaban J connectivity index is 0.000000175. The number of rotatable bonds is 8. The first-order valence-corrected chi connectivity index (χ1v) is 15.7. The van der Waals surface area contributed by atoms with E-state index in [0.717, 1.165) is 27.1 Å². The van der Waals surface area contributed by atoms with Crippen molar-refractivity contribution >= 4 is 49.9 Å². The number of benzene rings is 6. The van der Waals surface area contributed by atoms with Crippen LogP contribution in [0.5, 0.6) is 11.5 Å². The zero-order valence-electron chi connectivity index (χ0n) is 27.3. The van der Waals surface area contributed by atoms with E-state index in [1.54, 1.807) is 42.5 Å². The monoisotopic (exact) mass is 667 g/mol. The van der Waals surface area contributed by atoms with Gasteiger partial charge in [0, 0.05) is 17.7 Å². The van der Waals surface area contributed by atoms with Crippen molar-refractivity contribution in [3.05, 3.63) is 143 Å². The molecule has 1 heterocycles. The Morgan fingerprint density at radius 2 is 1.34 bits per heavy atom. The number of aliphatic hydroxyl groups is 1. The number of hydrogen-bond donors (Lipinski definition) is 3. The molecular formula is C40H33N3O7. The van der Waals surface area contributed by atoms with Crippen LogP contribution in [0.15, 0.2) is 131 Å². The summed E-state index contributed by atoms with van der Waals surface area (Å²) >= 11 is 0. The van der Waals surface area contributed by atoms with E-state index >= 15 is 0 Å². The molecule has 50 heavy (non-hydrogen) atoms. The maximum atomic E-state index is 12.9. The zero-order valence-corrected chi connectivity index (χ0v) is 27.3. The number of ether oxygens (including phenoxy) is 2. The number of anilines is 1. The predicted molar refractivity (Wildman–Crippen MR) is 194 cm³/mol. The number of nitrogens with one attached hydrogen (secondary N) is 2. The molecule has 0 fully saturated rings. The van der Waals surface area contributed by atoms with Gasteiger partial charge in [0.05, 0.1) is 32.0 Å². The van der Waals surface area contributed by atoms with Crippen molar-refractivity contribution in [2.45, 2.75) is 0 Å². The van der Waals surface area contributed by atoms with Gasteiger partial charge >= 0.3 is 5.63 Å². The highest BCUT2D eigenvalue weighted by atomic mass is 16.5. The van der Waals surface area contributed by atoms with E-state index in [0.29, 0.717) is 39.5 Å². The smallest absolute Gasteiger partial charge is 0.350 e. The Morgan fingerprint density at radius 3 is 2.08 bits per heavy atom. The molecule has 10 nitrogen and oxygen atoms in total. The van der Waals surface area contributed by atoms with Crippen LogP contribution in [0.25, 0.3) is 43.9 Å². The molecule has 10 heteroatoms. The highest BCUT2D eigenvalue weighted by Crippen LogP contribution is 2.30. The van der Waals surface area contributed by atoms with E-state index in [1.165, 1.54) is 14.2 Å². The number of methoxy groups -OCH3 is 2. The lowest BCUT2D eigenvalue weighted by Crippen LogP contribution is -2.28. The lowest BCUT2D eigenvalue weighted by molar-refractivity contribution is 0.0942. The van der Waals surface area contributed by atoms with Crippen LogP contribution < -0.4 is 25.7 Å². The Kier molecular flexibility index (Phi) is 10.1. The van der Waals surface area contributed by atoms with Gasteiger partial charge in [0.15, 0.2) is 0 Å². The summed E-state index contributed by atoms with van der Waals surface area (Å²) in [7, 11) is 2.97. The van der Waals surface area contributed by atoms with Crippen molar-refractivity contribution in [3.63, 3.8) is 0 Å². The minimum absolute atomic E-state index is 0.105. The molecule has 0 aliphatic carbocycles. The van der Waals surface area contributed by atoms with E-state index in [4.69, 9.17) is 19.0 Å². The van der Waals surface area contributed by atoms with Gasteiger partial charge in [-0.15, -0.1) is 0 Å². The number of aromatic nitrogens is 1. The summed E-state index contributed by atoms with van der Waals surface area (Å²) in [6, 6.07) is 37.1. The van der Waals surface area contributed by atoms with Crippen LogP contribution in [0.3, 0.4) is 0 Å². The van der Waals surface area contributed by atoms with E-state index in [9.17, 15) is 14.4 Å². The summed E-state index contributed by atoms with van der Waals surface area (Å²) in [5, 5.41) is 18.5. The molecule has 6 aromatic carbocycles. The van der Waals surface area contributed by atoms with Gasteiger partial charge in [-0.25, -0.2) is 9.78 Å². The molecule has 1 aromatic heterocycles. The van der Waals surface area contributed by atoms with Gasteiger partial charge in [-0.3, -0.25) is 9.59 Å². The van der Waals surface area contributed by atoms with Crippen LogP contribution in [-0.4, -0.2) is 49.3 Å². The van der Waals surface area contributed by atoms with Crippen LogP contribution >= 0.6 is 0 Å². The first-order chi connectivity index (χ1) is 24.4. The van der Waals surface area contributed by atoms with Crippen molar-refractivity contribution in [1.29, 1.82) is 0 Å². The number of carbonyl (C=O) groups is 2. The van der Waals surface area contributed by atoms with Crippen molar-refractivity contribution in [3.8, 4) is 23.0 Å². The lowest BCUT2D eigenvalue weighted by atomic mass is 10.0. The predicted octanol–water partition coefficient (Wildman–Crippen LogP) is 6.84. The van der Waals surface area contributed by atoms with Gasteiger partial charge in [-0.1, -0.05) is 84.9 Å². The van der Waals surface area contributed by atoms with Gasteiger partial charge in [-0.2, -0.15) is 0 Å². The maximum absolute atomic E-state index is 12.9. The van der Waals surface area contributed by atoms with Crippen LogP contribution in [0.1, 0.15) is 20.7 Å². The Bertz CT molecular complexity index is 2390. The van der Waals surface area contributed by atoms with Crippen molar-refractivity contribution in [2.75, 3.05) is 32.7 Å². The van der Waals surface area contributed by atoms with Gasteiger partial charge in [0.1, 0.15) is 22.4 Å². The summed E-state index contributed by atoms with van der Waals surface area (Å²) < 4.78 is 16.0. The molecule has 0 saturated carbocycles. The summed E-state index contributed by atoms with van der Waals surface area (Å²) in [6.07, 6.45) is 0. The minimum atomic E-state index is -0.449. The minimum Gasteiger partial charge on any atom is -0.496 e. The van der Waals surface area contributed by atoms with Crippen LogP contribution in [-0.2, 0) is 0 Å². The van der Waals surface area contributed by atoms with E-state index < -0.39 is 11.5 Å². The molecule has 0 aliphatic rings. The molecule has 7 rings (SSSR count). The topological polar surface area (TPSA) is 140 Å². The number of fused-ring (bicyclic) bond motifs is 3. The van der Waals surface area contributed by atoms with Crippen LogP contribution in [0.2, 0.25) is 0 Å². The Morgan fingerprint density at radius 1 is 0.720 bits per heavy atom. The van der Waals surface area contributed by atoms with E-state index in [2.05, 4.69) is 15.6 Å². The van der Waals surface area contributed by atoms with Crippen LogP contribution in [0.4, 0.5) is 5.69 Å². The summed E-state index contributed by atoms with van der Waals surface area (Å²) in [6.45, 7) is -0.0772. The Labute approximate surface area is 286 Å². The fraction of sp³-hybridized carbons (Fsp3) is 0.100. The van der Waals surface area contributed by atoms with Gasteiger partial charge in [-0.05, 0) is 57.9 Å². The second kappa shape index (κ2) is 15.1. The molecule has 3 N–H and O–H groups in total. The van der Waals surface area contributed by atoms with Crippen molar-refractivity contribution in [1.82, 2.24) is 10.3 Å². The fourth-order valence-corrected chi connectivity index (χ4v) is 5.70. The molecule has 2 amide bonds. The molecule has 0 bridgehead atoms. The largest absolute Gasteiger partial charge is 0.496 e. The van der Waals surface area contributed by atoms with Gasteiger partial charge in [0.2, 0.25) is 5.89 Å². The molecule has 0 saturated heterocycles. The average Bonchev–Trinajstić information content (AvgIpc) is 3.16. The molecule has 7 aromatic rings. The van der Waals surface area contributed by atoms with Gasteiger partial charge in [0.25, 0.3) is 11.8 Å². The third-order valence-corrected chi connectivity index (χ3v) is 8.01. The molecule has 0 radical (unpaired) electrons. The second-order valence-electron chi connectivity index (χ2n) is 11.0. The zero-order chi connectivity index (χ0) is 35.0.